The van der Waals surface area contributed by atoms with E-state index in [9.17, 15) is 9.50 Å². The zero-order valence-corrected chi connectivity index (χ0v) is 13.7. The first-order chi connectivity index (χ1) is 12.2. The number of rotatable bonds is 3. The number of hydrogen-bond donors (Lipinski definition) is 2. The summed E-state index contributed by atoms with van der Waals surface area (Å²) in [4.78, 5) is 10.5. The summed E-state index contributed by atoms with van der Waals surface area (Å²) in [6, 6.07) is 12.9. The number of hydrogen-bond acceptors (Lipinski definition) is 5. The molecule has 1 aliphatic heterocycles. The summed E-state index contributed by atoms with van der Waals surface area (Å²) in [5, 5.41) is 13.5. The first kappa shape index (κ1) is 15.8. The molecule has 4 rings (SSSR count). The molecule has 0 spiro atoms. The molecule has 1 aliphatic rings. The van der Waals surface area contributed by atoms with Crippen molar-refractivity contribution >= 4 is 28.1 Å². The molecular formula is C19H19FN4O. The van der Waals surface area contributed by atoms with E-state index in [1.807, 2.05) is 24.3 Å². The van der Waals surface area contributed by atoms with Crippen molar-refractivity contribution in [1.82, 2.24) is 9.97 Å². The molecule has 1 fully saturated rings. The van der Waals surface area contributed by atoms with Crippen molar-refractivity contribution in [3.05, 3.63) is 54.6 Å². The maximum Gasteiger partial charge on any atom is 0.149 e. The van der Waals surface area contributed by atoms with E-state index in [1.54, 1.807) is 12.1 Å². The van der Waals surface area contributed by atoms with Crippen LogP contribution in [0.15, 0.2) is 48.8 Å². The van der Waals surface area contributed by atoms with E-state index in [0.29, 0.717) is 16.7 Å². The second-order valence-corrected chi connectivity index (χ2v) is 6.25. The summed E-state index contributed by atoms with van der Waals surface area (Å²) in [7, 11) is 0. The van der Waals surface area contributed by atoms with Crippen LogP contribution in [0.3, 0.4) is 0 Å². The topological polar surface area (TPSA) is 61.3 Å². The highest BCUT2D eigenvalue weighted by atomic mass is 19.1. The summed E-state index contributed by atoms with van der Waals surface area (Å²) in [6.45, 7) is 1.73. The van der Waals surface area contributed by atoms with Gasteiger partial charge in [-0.2, -0.15) is 0 Å². The molecule has 0 amide bonds. The van der Waals surface area contributed by atoms with Crippen molar-refractivity contribution < 1.29 is 9.50 Å². The van der Waals surface area contributed by atoms with Crippen LogP contribution in [0.2, 0.25) is 0 Å². The van der Waals surface area contributed by atoms with E-state index in [2.05, 4.69) is 20.2 Å². The van der Waals surface area contributed by atoms with Gasteiger partial charge in [0.2, 0.25) is 0 Å². The van der Waals surface area contributed by atoms with E-state index in [1.165, 1.54) is 12.4 Å². The Morgan fingerprint density at radius 1 is 1.04 bits per heavy atom. The van der Waals surface area contributed by atoms with Gasteiger partial charge >= 0.3 is 0 Å². The van der Waals surface area contributed by atoms with Crippen molar-refractivity contribution in [2.24, 2.45) is 0 Å². The number of para-hydroxylation sites is 1. The van der Waals surface area contributed by atoms with Crippen molar-refractivity contribution in [2.45, 2.75) is 18.9 Å². The van der Waals surface area contributed by atoms with Gasteiger partial charge in [0, 0.05) is 29.9 Å². The van der Waals surface area contributed by atoms with Crippen LogP contribution in [0.5, 0.6) is 0 Å². The molecule has 6 heteroatoms. The van der Waals surface area contributed by atoms with Crippen LogP contribution < -0.4 is 10.2 Å². The van der Waals surface area contributed by atoms with Gasteiger partial charge in [-0.3, -0.25) is 0 Å². The number of halogens is 1. The first-order valence-electron chi connectivity index (χ1n) is 8.40. The van der Waals surface area contributed by atoms with E-state index in [-0.39, 0.29) is 11.9 Å². The summed E-state index contributed by atoms with van der Waals surface area (Å²) in [5.74, 6) is 0.226. The monoisotopic (exact) mass is 338 g/mol. The number of nitrogens with zero attached hydrogens (tertiary/aromatic N) is 3. The Bertz CT molecular complexity index is 876. The lowest BCUT2D eigenvalue weighted by Gasteiger charge is -2.31. The number of aromatic nitrogens is 2. The van der Waals surface area contributed by atoms with Gasteiger partial charge in [-0.1, -0.05) is 6.07 Å². The molecule has 1 aromatic heterocycles. The molecule has 2 N–H and O–H groups in total. The molecule has 0 aliphatic carbocycles. The maximum absolute atomic E-state index is 13.8. The zero-order chi connectivity index (χ0) is 17.2. The minimum atomic E-state index is -0.356. The largest absolute Gasteiger partial charge is 0.393 e. The minimum absolute atomic E-state index is 0.177. The number of aliphatic hydroxyl groups is 1. The van der Waals surface area contributed by atoms with Crippen molar-refractivity contribution in [3.8, 4) is 0 Å². The van der Waals surface area contributed by atoms with E-state index >= 15 is 0 Å². The lowest BCUT2D eigenvalue weighted by molar-refractivity contribution is 0.145. The minimum Gasteiger partial charge on any atom is -0.393 e. The van der Waals surface area contributed by atoms with Gasteiger partial charge in [0.25, 0.3) is 0 Å². The van der Waals surface area contributed by atoms with Crippen molar-refractivity contribution in [2.75, 3.05) is 23.3 Å². The van der Waals surface area contributed by atoms with Gasteiger partial charge in [0.05, 0.1) is 6.10 Å². The highest BCUT2D eigenvalue weighted by molar-refractivity contribution is 5.90. The van der Waals surface area contributed by atoms with Gasteiger partial charge in [0.15, 0.2) is 0 Å². The first-order valence-corrected chi connectivity index (χ1v) is 8.40. The number of benzene rings is 2. The van der Waals surface area contributed by atoms with Crippen LogP contribution in [-0.2, 0) is 0 Å². The second kappa shape index (κ2) is 6.64. The molecule has 1 saturated heterocycles. The fraction of sp³-hybridized carbons (Fsp3) is 0.263. The van der Waals surface area contributed by atoms with Crippen molar-refractivity contribution in [3.63, 3.8) is 0 Å². The lowest BCUT2D eigenvalue weighted by Crippen LogP contribution is -2.35. The predicted octanol–water partition coefficient (Wildman–Crippen LogP) is 3.47. The summed E-state index contributed by atoms with van der Waals surface area (Å²) in [6.07, 6.45) is 2.79. The summed E-state index contributed by atoms with van der Waals surface area (Å²) < 4.78 is 13.8. The third-order valence-corrected chi connectivity index (χ3v) is 4.58. The highest BCUT2D eigenvalue weighted by Gasteiger charge is 2.17. The number of fused-ring (bicyclic) bond motifs is 1. The normalized spacial score (nSPS) is 15.5. The third kappa shape index (κ3) is 3.25. The molecule has 2 aromatic carbocycles. The number of nitrogens with one attached hydrogen (secondary N) is 1. The summed E-state index contributed by atoms with van der Waals surface area (Å²) in [5.41, 5.74) is 2.32. The molecule has 0 unspecified atom stereocenters. The van der Waals surface area contributed by atoms with Crippen LogP contribution in [0.1, 0.15) is 12.8 Å². The Labute approximate surface area is 145 Å². The molecule has 128 valence electrons. The van der Waals surface area contributed by atoms with Crippen LogP contribution in [0, 0.1) is 5.82 Å². The lowest BCUT2D eigenvalue weighted by atomic mass is 10.1. The van der Waals surface area contributed by atoms with Crippen LogP contribution in [0.4, 0.5) is 21.6 Å². The number of aliphatic hydroxyl groups excluding tert-OH is 1. The van der Waals surface area contributed by atoms with Gasteiger partial charge in [0.1, 0.15) is 23.5 Å². The molecule has 0 radical (unpaired) electrons. The Hall–Kier alpha value is -2.73. The van der Waals surface area contributed by atoms with E-state index in [4.69, 9.17) is 0 Å². The fourth-order valence-electron chi connectivity index (χ4n) is 3.17. The van der Waals surface area contributed by atoms with Crippen molar-refractivity contribution in [1.29, 1.82) is 0 Å². The predicted molar refractivity (Wildman–Crippen MR) is 96.7 cm³/mol. The van der Waals surface area contributed by atoms with Crippen LogP contribution in [0.25, 0.3) is 10.9 Å². The van der Waals surface area contributed by atoms with Gasteiger partial charge in [-0.15, -0.1) is 0 Å². The van der Waals surface area contributed by atoms with Gasteiger partial charge in [-0.25, -0.2) is 14.4 Å². The fourth-order valence-corrected chi connectivity index (χ4v) is 3.17. The Kier molecular flexibility index (Phi) is 4.19. The quantitative estimate of drug-likeness (QED) is 0.766. The summed E-state index contributed by atoms with van der Waals surface area (Å²) >= 11 is 0. The van der Waals surface area contributed by atoms with Crippen LogP contribution in [-0.4, -0.2) is 34.3 Å². The van der Waals surface area contributed by atoms with E-state index < -0.39 is 0 Å². The third-order valence-electron chi connectivity index (χ3n) is 4.58. The molecule has 0 saturated carbocycles. The standard InChI is InChI=1S/C19H19FN4O/c20-17-3-1-2-16-18(17)21-12-22-19(16)23-13-4-6-14(7-5-13)24-10-8-15(25)9-11-24/h1-7,12,15,25H,8-11H2,(H,21,22,23). The molecule has 25 heavy (non-hydrogen) atoms. The molecule has 5 nitrogen and oxygen atoms in total. The number of anilines is 3. The Morgan fingerprint density at radius 3 is 2.56 bits per heavy atom. The Balaban J connectivity index is 1.55. The smallest absolute Gasteiger partial charge is 0.149 e. The van der Waals surface area contributed by atoms with Gasteiger partial charge in [-0.05, 0) is 49.2 Å². The maximum atomic E-state index is 13.8. The average Bonchev–Trinajstić information content (AvgIpc) is 2.64. The molecule has 3 aromatic rings. The molecule has 0 atom stereocenters. The zero-order valence-electron chi connectivity index (χ0n) is 13.7. The van der Waals surface area contributed by atoms with E-state index in [0.717, 1.165) is 37.3 Å². The van der Waals surface area contributed by atoms with Crippen LogP contribution >= 0.6 is 0 Å². The van der Waals surface area contributed by atoms with Gasteiger partial charge < -0.3 is 15.3 Å². The Morgan fingerprint density at radius 2 is 1.80 bits per heavy atom. The molecule has 2 heterocycles. The highest BCUT2D eigenvalue weighted by Crippen LogP contribution is 2.26. The molecule has 0 bridgehead atoms. The number of piperidine rings is 1. The molecular weight excluding hydrogens is 319 g/mol. The average molecular weight is 338 g/mol. The SMILES string of the molecule is OC1CCN(c2ccc(Nc3ncnc4c(F)cccc34)cc2)CC1. The second-order valence-electron chi connectivity index (χ2n) is 6.25.